The SMILES string of the molecule is COc1ccc2c(c1)[C@]1(C[C@H]1c1ccc3c(Nc4ncnc5c4OC=C4CS(=O)(=O)CCN45)n[nH]c3c1)C(=O)N2. The van der Waals surface area contributed by atoms with Crippen LogP contribution in [0.1, 0.15) is 23.5 Å². The lowest BCUT2D eigenvalue weighted by molar-refractivity contribution is -0.118. The molecule has 2 aromatic heterocycles. The molecule has 0 unspecified atom stereocenters. The molecule has 3 N–H and O–H groups in total. The van der Waals surface area contributed by atoms with E-state index in [0.29, 0.717) is 35.4 Å². The normalized spacial score (nSPS) is 23.5. The first-order valence-electron chi connectivity index (χ1n) is 12.8. The number of nitrogens with zero attached hydrogens (tertiary/aromatic N) is 4. The molecule has 12 nitrogen and oxygen atoms in total. The number of amides is 1. The molecule has 2 aromatic carbocycles. The quantitative estimate of drug-likeness (QED) is 0.342. The van der Waals surface area contributed by atoms with E-state index in [1.54, 1.807) is 7.11 Å². The van der Waals surface area contributed by atoms with E-state index in [2.05, 4.69) is 30.8 Å². The fourth-order valence-corrected chi connectivity index (χ4v) is 7.41. The van der Waals surface area contributed by atoms with Gasteiger partial charge in [-0.25, -0.2) is 18.4 Å². The second kappa shape index (κ2) is 7.94. The predicted octanol–water partition coefficient (Wildman–Crippen LogP) is 2.95. The molecule has 5 heterocycles. The van der Waals surface area contributed by atoms with Crippen molar-refractivity contribution in [3.63, 3.8) is 0 Å². The lowest BCUT2D eigenvalue weighted by atomic mass is 9.91. The summed E-state index contributed by atoms with van der Waals surface area (Å²) in [6.07, 6.45) is 3.58. The number of aromatic nitrogens is 4. The Kier molecular flexibility index (Phi) is 4.62. The third kappa shape index (κ3) is 3.27. The van der Waals surface area contributed by atoms with Gasteiger partial charge in [-0.15, -0.1) is 0 Å². The number of rotatable bonds is 4. The molecule has 4 aliphatic rings. The van der Waals surface area contributed by atoms with E-state index in [4.69, 9.17) is 9.47 Å². The van der Waals surface area contributed by atoms with Crippen molar-refractivity contribution in [1.82, 2.24) is 20.2 Å². The maximum Gasteiger partial charge on any atom is 0.235 e. The molecule has 1 saturated carbocycles. The third-order valence-electron chi connectivity index (χ3n) is 8.24. The molecule has 1 spiro atoms. The molecule has 1 aliphatic carbocycles. The summed E-state index contributed by atoms with van der Waals surface area (Å²) in [5.74, 6) is 2.64. The van der Waals surface area contributed by atoms with Gasteiger partial charge in [0.05, 0.1) is 35.2 Å². The predicted molar refractivity (Wildman–Crippen MR) is 147 cm³/mol. The Hall–Kier alpha value is -4.65. The highest BCUT2D eigenvalue weighted by atomic mass is 32.2. The van der Waals surface area contributed by atoms with Crippen LogP contribution in [0.3, 0.4) is 0 Å². The highest BCUT2D eigenvalue weighted by Crippen LogP contribution is 2.65. The van der Waals surface area contributed by atoms with Crippen LogP contribution in [0.15, 0.2) is 54.7 Å². The number of H-pyrrole nitrogens is 1. The summed E-state index contributed by atoms with van der Waals surface area (Å²) in [5, 5.41) is 14.7. The Morgan fingerprint density at radius 3 is 2.95 bits per heavy atom. The van der Waals surface area contributed by atoms with Crippen LogP contribution >= 0.6 is 0 Å². The van der Waals surface area contributed by atoms with Gasteiger partial charge in [0.15, 0.2) is 27.3 Å². The average molecular weight is 558 g/mol. The molecular formula is C27H23N7O5S. The zero-order valence-corrected chi connectivity index (χ0v) is 22.1. The van der Waals surface area contributed by atoms with Crippen LogP contribution in [0.4, 0.5) is 23.1 Å². The van der Waals surface area contributed by atoms with Gasteiger partial charge in [0.2, 0.25) is 11.7 Å². The molecule has 0 radical (unpaired) electrons. The number of hydrogen-bond acceptors (Lipinski definition) is 10. The number of nitrogens with one attached hydrogen (secondary N) is 3. The number of ether oxygens (including phenoxy) is 2. The summed E-state index contributed by atoms with van der Waals surface area (Å²) in [5.41, 5.74) is 3.65. The highest BCUT2D eigenvalue weighted by Gasteiger charge is 2.65. The van der Waals surface area contributed by atoms with E-state index in [1.165, 1.54) is 12.6 Å². The van der Waals surface area contributed by atoms with E-state index in [-0.39, 0.29) is 23.3 Å². The highest BCUT2D eigenvalue weighted by molar-refractivity contribution is 7.91. The molecule has 8 rings (SSSR count). The lowest BCUT2D eigenvalue weighted by Crippen LogP contribution is -2.40. The Bertz CT molecular complexity index is 1900. The first kappa shape index (κ1) is 23.3. The second-order valence-corrected chi connectivity index (χ2v) is 12.6. The summed E-state index contributed by atoms with van der Waals surface area (Å²) in [4.78, 5) is 23.6. The number of carbonyl (C=O) groups excluding carboxylic acids is 1. The molecular weight excluding hydrogens is 534 g/mol. The molecule has 2 atom stereocenters. The summed E-state index contributed by atoms with van der Waals surface area (Å²) < 4.78 is 35.3. The molecule has 40 heavy (non-hydrogen) atoms. The van der Waals surface area contributed by atoms with Crippen molar-refractivity contribution in [2.24, 2.45) is 0 Å². The molecule has 13 heteroatoms. The minimum absolute atomic E-state index is 0.0184. The fourth-order valence-electron chi connectivity index (χ4n) is 6.13. The summed E-state index contributed by atoms with van der Waals surface area (Å²) >= 11 is 0. The zero-order chi connectivity index (χ0) is 27.2. The summed E-state index contributed by atoms with van der Waals surface area (Å²) in [7, 11) is -1.53. The van der Waals surface area contributed by atoms with Crippen molar-refractivity contribution in [3.05, 3.63) is 65.8 Å². The maximum atomic E-state index is 13.1. The van der Waals surface area contributed by atoms with E-state index in [0.717, 1.165) is 39.9 Å². The van der Waals surface area contributed by atoms with Crippen molar-refractivity contribution in [3.8, 4) is 11.5 Å². The van der Waals surface area contributed by atoms with Crippen LogP contribution < -0.4 is 25.0 Å². The van der Waals surface area contributed by atoms with Crippen LogP contribution in [0.25, 0.3) is 10.9 Å². The van der Waals surface area contributed by atoms with Gasteiger partial charge in [0, 0.05) is 23.5 Å². The van der Waals surface area contributed by atoms with Gasteiger partial charge in [-0.1, -0.05) is 6.07 Å². The summed E-state index contributed by atoms with van der Waals surface area (Å²) in [6, 6.07) is 11.7. The number of methoxy groups -OCH3 is 1. The number of carbonyl (C=O) groups is 1. The molecule has 1 amide bonds. The maximum absolute atomic E-state index is 13.1. The van der Waals surface area contributed by atoms with Crippen LogP contribution in [0.2, 0.25) is 0 Å². The van der Waals surface area contributed by atoms with Gasteiger partial charge in [-0.3, -0.25) is 9.89 Å². The van der Waals surface area contributed by atoms with E-state index in [9.17, 15) is 13.2 Å². The summed E-state index contributed by atoms with van der Waals surface area (Å²) in [6.45, 7) is 0.299. The van der Waals surface area contributed by atoms with Gasteiger partial charge in [-0.2, -0.15) is 5.10 Å². The van der Waals surface area contributed by atoms with E-state index in [1.807, 2.05) is 41.3 Å². The van der Waals surface area contributed by atoms with Crippen LogP contribution in [0.5, 0.6) is 11.5 Å². The Morgan fingerprint density at radius 2 is 2.08 bits per heavy atom. The monoisotopic (exact) mass is 557 g/mol. The number of benzene rings is 2. The number of aromatic amines is 1. The number of hydrogen-bond donors (Lipinski definition) is 3. The first-order valence-corrected chi connectivity index (χ1v) is 14.6. The molecule has 2 fully saturated rings. The number of sulfone groups is 1. The lowest BCUT2D eigenvalue weighted by Gasteiger charge is -2.34. The van der Waals surface area contributed by atoms with Crippen molar-refractivity contribution >= 4 is 49.8 Å². The Morgan fingerprint density at radius 1 is 1.18 bits per heavy atom. The standard InChI is InChI=1S/C27H23N7O5S/c1-38-16-3-5-20-18(9-16)27(26(35)30-20)10-19(27)14-2-4-17-21(8-14)32-33-23(17)31-24-22-25(29-13-28-24)34-6-7-40(36,37)12-15(34)11-39-22/h2-5,8-9,11,13,19H,6-7,10,12H2,1H3,(H,30,35)(H2,28,29,31,32,33)/t19-,27-/m0/s1. The zero-order valence-electron chi connectivity index (χ0n) is 21.3. The Balaban J connectivity index is 1.09. The van der Waals surface area contributed by atoms with E-state index < -0.39 is 15.3 Å². The minimum Gasteiger partial charge on any atom is -0.497 e. The molecule has 202 valence electrons. The minimum atomic E-state index is -3.16. The van der Waals surface area contributed by atoms with Crippen molar-refractivity contribution in [2.45, 2.75) is 17.8 Å². The smallest absolute Gasteiger partial charge is 0.235 e. The van der Waals surface area contributed by atoms with Gasteiger partial charge in [0.25, 0.3) is 0 Å². The van der Waals surface area contributed by atoms with Crippen molar-refractivity contribution < 1.29 is 22.7 Å². The Labute approximate surface area is 228 Å². The van der Waals surface area contributed by atoms with Gasteiger partial charge in [0.1, 0.15) is 18.3 Å². The molecule has 0 bridgehead atoms. The van der Waals surface area contributed by atoms with Gasteiger partial charge < -0.3 is 25.0 Å². The van der Waals surface area contributed by atoms with Crippen LogP contribution in [-0.4, -0.2) is 59.7 Å². The largest absolute Gasteiger partial charge is 0.497 e. The first-order chi connectivity index (χ1) is 19.4. The third-order valence-corrected chi connectivity index (χ3v) is 9.78. The van der Waals surface area contributed by atoms with Gasteiger partial charge in [-0.05, 0) is 47.9 Å². The average Bonchev–Trinajstić information content (AvgIpc) is 3.50. The van der Waals surface area contributed by atoms with Crippen LogP contribution in [0, 0.1) is 0 Å². The molecule has 4 aromatic rings. The fraction of sp³-hybridized carbons (Fsp3) is 0.259. The number of fused-ring (bicyclic) bond motifs is 6. The molecule has 3 aliphatic heterocycles. The number of anilines is 4. The molecule has 1 saturated heterocycles. The second-order valence-electron chi connectivity index (χ2n) is 10.4. The topological polar surface area (TPSA) is 151 Å². The van der Waals surface area contributed by atoms with E-state index >= 15 is 0 Å². The van der Waals surface area contributed by atoms with Crippen molar-refractivity contribution in [1.29, 1.82) is 0 Å². The van der Waals surface area contributed by atoms with Gasteiger partial charge >= 0.3 is 0 Å². The van der Waals surface area contributed by atoms with Crippen molar-refractivity contribution in [2.75, 3.05) is 40.7 Å². The van der Waals surface area contributed by atoms with Crippen LogP contribution in [-0.2, 0) is 20.0 Å².